The fraction of sp³-hybridized carbons (Fsp3) is 0.786. The maximum atomic E-state index is 13.1. The lowest BCUT2D eigenvalue weighted by atomic mass is 9.55. The van der Waals surface area contributed by atoms with Crippen molar-refractivity contribution >= 4 is 11.6 Å². The molecule has 0 unspecified atom stereocenters. The first-order valence-electron chi connectivity index (χ1n) is 13.8. The number of alkyl halides is 10. The summed E-state index contributed by atoms with van der Waals surface area (Å²) in [7, 11) is 0. The van der Waals surface area contributed by atoms with Gasteiger partial charge in [-0.25, -0.2) is 0 Å². The Morgan fingerprint density at radius 2 is 1.54 bits per heavy atom. The molecule has 2 fully saturated rings. The van der Waals surface area contributed by atoms with Gasteiger partial charge in [0.2, 0.25) is 0 Å². The van der Waals surface area contributed by atoms with Crippen LogP contribution in [0.25, 0.3) is 0 Å². The van der Waals surface area contributed by atoms with Crippen molar-refractivity contribution < 1.29 is 53.7 Å². The number of halogens is 10. The van der Waals surface area contributed by atoms with Crippen molar-refractivity contribution in [2.24, 2.45) is 17.3 Å². The summed E-state index contributed by atoms with van der Waals surface area (Å²) in [6.45, 7) is 0.939. The van der Waals surface area contributed by atoms with E-state index in [9.17, 15) is 39.5 Å². The first-order chi connectivity index (χ1) is 19.1. The lowest BCUT2D eigenvalue weighted by Crippen LogP contribution is -2.67. The Labute approximate surface area is 238 Å². The van der Waals surface area contributed by atoms with E-state index in [2.05, 4.69) is 23.8 Å². The molecule has 0 radical (unpaired) electrons. The molecule has 0 saturated heterocycles. The predicted molar refractivity (Wildman–Crippen MR) is 133 cm³/mol. The summed E-state index contributed by atoms with van der Waals surface area (Å²) < 4.78 is 133. The summed E-state index contributed by atoms with van der Waals surface area (Å²) in [6, 6.07) is 6.22. The fourth-order valence-corrected chi connectivity index (χ4v) is 7.47. The molecule has 3 aliphatic rings. The quantitative estimate of drug-likeness (QED) is 0.148. The lowest BCUT2D eigenvalue weighted by Gasteiger charge is -2.50. The van der Waals surface area contributed by atoms with Crippen molar-refractivity contribution in [3.8, 4) is 5.75 Å². The molecule has 5 atom stereocenters. The monoisotopic (exact) mass is 624 g/mol. The highest BCUT2D eigenvalue weighted by molar-refractivity contribution is 6.17. The van der Waals surface area contributed by atoms with Crippen LogP contribution in [0.15, 0.2) is 18.2 Å². The minimum atomic E-state index is -6.73. The number of aryl methyl sites for hydroxylation is 1. The second-order valence-electron chi connectivity index (χ2n) is 11.5. The minimum absolute atomic E-state index is 0.238. The van der Waals surface area contributed by atoms with Gasteiger partial charge in [0.1, 0.15) is 5.75 Å². The first-order valence-corrected chi connectivity index (χ1v) is 14.4. The summed E-state index contributed by atoms with van der Waals surface area (Å²) in [4.78, 5) is 0. The Kier molecular flexibility index (Phi) is 9.47. The predicted octanol–water partition coefficient (Wildman–Crippen LogP) is 8.77. The molecule has 1 aromatic rings. The van der Waals surface area contributed by atoms with Crippen molar-refractivity contribution in [2.75, 3.05) is 25.7 Å². The van der Waals surface area contributed by atoms with E-state index >= 15 is 0 Å². The zero-order valence-corrected chi connectivity index (χ0v) is 23.3. The largest absolute Gasteiger partial charge is 0.494 e. The van der Waals surface area contributed by atoms with Crippen LogP contribution in [-0.2, 0) is 15.9 Å². The lowest BCUT2D eigenvalue weighted by molar-refractivity contribution is -0.457. The van der Waals surface area contributed by atoms with Crippen molar-refractivity contribution in [1.82, 2.24) is 0 Å². The molecular formula is C28H34ClF9O3. The molecule has 3 nitrogen and oxygen atoms in total. The van der Waals surface area contributed by atoms with E-state index in [-0.39, 0.29) is 18.1 Å². The van der Waals surface area contributed by atoms with Crippen LogP contribution in [0.3, 0.4) is 0 Å². The third-order valence-corrected chi connectivity index (χ3v) is 9.55. The summed E-state index contributed by atoms with van der Waals surface area (Å²) in [5.41, 5.74) is -3.89. The average Bonchev–Trinajstić information content (AvgIpc) is 3.19. The molecule has 3 aliphatic carbocycles. The topological polar surface area (TPSA) is 27.7 Å². The van der Waals surface area contributed by atoms with Crippen LogP contribution in [0.1, 0.15) is 68.9 Å². The van der Waals surface area contributed by atoms with Crippen LogP contribution in [-0.4, -0.2) is 55.9 Å². The van der Waals surface area contributed by atoms with Crippen LogP contribution >= 0.6 is 11.6 Å². The molecule has 0 amide bonds. The molecule has 2 saturated carbocycles. The van der Waals surface area contributed by atoms with Gasteiger partial charge in [-0.2, -0.15) is 39.5 Å². The molecule has 0 aliphatic heterocycles. The van der Waals surface area contributed by atoms with Crippen molar-refractivity contribution in [1.29, 1.82) is 0 Å². The van der Waals surface area contributed by atoms with E-state index in [1.165, 1.54) is 11.1 Å². The van der Waals surface area contributed by atoms with Gasteiger partial charge < -0.3 is 14.2 Å². The molecule has 0 heterocycles. The Morgan fingerprint density at radius 1 is 0.854 bits per heavy atom. The van der Waals surface area contributed by atoms with Gasteiger partial charge >= 0.3 is 24.1 Å². The minimum Gasteiger partial charge on any atom is -0.494 e. The zero-order chi connectivity index (χ0) is 30.3. The van der Waals surface area contributed by atoms with Gasteiger partial charge in [-0.15, -0.1) is 11.6 Å². The second-order valence-corrected chi connectivity index (χ2v) is 11.9. The van der Waals surface area contributed by atoms with Crippen LogP contribution < -0.4 is 4.74 Å². The van der Waals surface area contributed by atoms with Crippen LogP contribution in [0.5, 0.6) is 5.75 Å². The molecule has 41 heavy (non-hydrogen) atoms. The van der Waals surface area contributed by atoms with Crippen molar-refractivity contribution in [3.05, 3.63) is 29.3 Å². The Bertz CT molecular complexity index is 1010. The number of ether oxygens (including phenoxy) is 3. The normalized spacial score (nSPS) is 28.7. The van der Waals surface area contributed by atoms with E-state index in [0.717, 1.165) is 44.3 Å². The van der Waals surface area contributed by atoms with Crippen LogP contribution in [0.4, 0.5) is 39.5 Å². The molecule has 13 heteroatoms. The number of hydrogen-bond acceptors (Lipinski definition) is 3. The maximum Gasteiger partial charge on any atom is 0.435 e. The standard InChI is InChI=1S/C28H34ClF9O3/c1-24-11-10-20-19-7-5-18(39-13-2-12-29)16-17(19)4-6-21(20)22(24)8-9-23(24)40-14-3-15-41-25(26(30,31)32,27(33,34)35)28(36,37)38/h5,7,16,20-23H,2-4,6,8-15H2,1H3/t20-,21-,22+,23+,24+/m1/s1. The Hall–Kier alpha value is -1.40. The highest BCUT2D eigenvalue weighted by Gasteiger charge is 2.85. The number of hydrogen-bond donors (Lipinski definition) is 0. The van der Waals surface area contributed by atoms with Gasteiger partial charge in [0.15, 0.2) is 0 Å². The highest BCUT2D eigenvalue weighted by Crippen LogP contribution is 2.62. The summed E-state index contributed by atoms with van der Waals surface area (Å²) in [6.07, 6.45) is -15.1. The maximum absolute atomic E-state index is 13.1. The summed E-state index contributed by atoms with van der Waals surface area (Å²) in [5.74, 6) is 2.46. The molecule has 234 valence electrons. The zero-order valence-electron chi connectivity index (χ0n) is 22.5. The third-order valence-electron chi connectivity index (χ3n) is 9.28. The van der Waals surface area contributed by atoms with Crippen LogP contribution in [0, 0.1) is 17.3 Å². The molecule has 0 N–H and O–H groups in total. The third kappa shape index (κ3) is 6.03. The van der Waals surface area contributed by atoms with Crippen LogP contribution in [0.2, 0.25) is 0 Å². The molecule has 4 rings (SSSR count). The molecule has 0 bridgehead atoms. The first kappa shape index (κ1) is 32.5. The highest BCUT2D eigenvalue weighted by atomic mass is 35.5. The molecule has 0 spiro atoms. The van der Waals surface area contributed by atoms with E-state index in [1.54, 1.807) is 0 Å². The number of benzene rings is 1. The Morgan fingerprint density at radius 3 is 2.17 bits per heavy atom. The van der Waals surface area contributed by atoms with Gasteiger partial charge in [-0.1, -0.05) is 13.0 Å². The smallest absolute Gasteiger partial charge is 0.435 e. The van der Waals surface area contributed by atoms with Gasteiger partial charge in [0.05, 0.1) is 19.3 Å². The average molecular weight is 625 g/mol. The fourth-order valence-electron chi connectivity index (χ4n) is 7.36. The molecule has 0 aromatic heterocycles. The number of fused-ring (bicyclic) bond motifs is 5. The summed E-state index contributed by atoms with van der Waals surface area (Å²) in [5, 5.41) is 0. The van der Waals surface area contributed by atoms with Gasteiger partial charge in [0.25, 0.3) is 0 Å². The van der Waals surface area contributed by atoms with Crippen molar-refractivity contribution in [2.45, 2.75) is 94.4 Å². The van der Waals surface area contributed by atoms with Crippen molar-refractivity contribution in [3.63, 3.8) is 0 Å². The van der Waals surface area contributed by atoms with Gasteiger partial charge in [-0.05, 0) is 97.8 Å². The van der Waals surface area contributed by atoms with Gasteiger partial charge in [-0.3, -0.25) is 0 Å². The molecular weight excluding hydrogens is 591 g/mol. The summed E-state index contributed by atoms with van der Waals surface area (Å²) >= 11 is 5.72. The molecule has 1 aromatic carbocycles. The Balaban J connectivity index is 1.35. The number of rotatable bonds is 10. The van der Waals surface area contributed by atoms with E-state index in [0.29, 0.717) is 36.7 Å². The SMILES string of the molecule is C[C@]12CC[C@@H]3c4ccc(OCCCCl)cc4CC[C@H]3[C@@H]1CC[C@@H]2OCCCOC(C(F)(F)F)(C(F)(F)F)C(F)(F)F. The van der Waals surface area contributed by atoms with E-state index < -0.39 is 37.2 Å². The second kappa shape index (κ2) is 11.9. The van der Waals surface area contributed by atoms with E-state index in [1.807, 2.05) is 6.07 Å². The van der Waals surface area contributed by atoms with Gasteiger partial charge in [0, 0.05) is 12.5 Å². The van der Waals surface area contributed by atoms with E-state index in [4.69, 9.17) is 21.1 Å².